The molecule has 1 aromatic rings. The first kappa shape index (κ1) is 13.7. The predicted octanol–water partition coefficient (Wildman–Crippen LogP) is 1.96. The van der Waals surface area contributed by atoms with Crippen molar-refractivity contribution in [2.45, 2.75) is 20.8 Å². The van der Waals surface area contributed by atoms with E-state index in [0.29, 0.717) is 11.8 Å². The number of nitrogens with zero attached hydrogens (tertiary/aromatic N) is 1. The Labute approximate surface area is 89.7 Å². The molecule has 1 aromatic heterocycles. The molecule has 0 spiro atoms. The predicted molar refractivity (Wildman–Crippen MR) is 58.5 cm³/mol. The second-order valence-corrected chi connectivity index (χ2v) is 2.91. The fraction of sp³-hybridized carbons (Fsp3) is 0.455. The van der Waals surface area contributed by atoms with Gasteiger partial charge in [0, 0.05) is 6.20 Å². The molecule has 0 saturated heterocycles. The summed E-state index contributed by atoms with van der Waals surface area (Å²) >= 11 is 0. The largest absolute Gasteiger partial charge is 0.317 e. The average molecular weight is 212 g/mol. The number of carbonyl (C=O) groups excluding carboxylic acids is 1. The van der Waals surface area contributed by atoms with Gasteiger partial charge < -0.3 is 5.32 Å². The lowest BCUT2D eigenvalue weighted by Crippen LogP contribution is -2.09. The van der Waals surface area contributed by atoms with Gasteiger partial charge in [0.2, 0.25) is 5.95 Å². The van der Waals surface area contributed by atoms with Gasteiger partial charge in [-0.25, -0.2) is 4.98 Å². The molecule has 1 rings (SSSR count). The van der Waals surface area contributed by atoms with Gasteiger partial charge in [-0.2, -0.15) is 4.39 Å². The molecule has 0 bridgehead atoms. The van der Waals surface area contributed by atoms with E-state index >= 15 is 0 Å². The SMILES string of the molecule is CCNCC.Cc1ccnc(F)c1C=O. The van der Waals surface area contributed by atoms with Gasteiger partial charge in [0.1, 0.15) is 0 Å². The molecule has 4 heteroatoms. The zero-order valence-electron chi connectivity index (χ0n) is 9.38. The maximum Gasteiger partial charge on any atom is 0.223 e. The zero-order valence-corrected chi connectivity index (χ0v) is 9.38. The van der Waals surface area contributed by atoms with Gasteiger partial charge in [0.15, 0.2) is 6.29 Å². The molecule has 0 amide bonds. The van der Waals surface area contributed by atoms with Gasteiger partial charge >= 0.3 is 0 Å². The van der Waals surface area contributed by atoms with Crippen LogP contribution in [0.4, 0.5) is 4.39 Å². The van der Waals surface area contributed by atoms with Crippen LogP contribution in [-0.2, 0) is 0 Å². The lowest BCUT2D eigenvalue weighted by molar-refractivity contribution is 0.111. The number of pyridine rings is 1. The summed E-state index contributed by atoms with van der Waals surface area (Å²) in [4.78, 5) is 13.5. The van der Waals surface area contributed by atoms with Crippen LogP contribution in [0.1, 0.15) is 29.8 Å². The van der Waals surface area contributed by atoms with Crippen molar-refractivity contribution in [1.29, 1.82) is 0 Å². The monoisotopic (exact) mass is 212 g/mol. The minimum absolute atomic E-state index is 0.0440. The Morgan fingerprint density at radius 1 is 1.47 bits per heavy atom. The molecule has 0 aromatic carbocycles. The molecule has 0 aliphatic carbocycles. The van der Waals surface area contributed by atoms with E-state index in [1.807, 2.05) is 0 Å². The normalized spacial score (nSPS) is 9.07. The highest BCUT2D eigenvalue weighted by atomic mass is 19.1. The summed E-state index contributed by atoms with van der Waals surface area (Å²) in [5, 5.41) is 3.11. The Kier molecular flexibility index (Phi) is 7.36. The number of nitrogens with one attached hydrogen (secondary N) is 1. The van der Waals surface area contributed by atoms with Crippen molar-refractivity contribution in [1.82, 2.24) is 10.3 Å². The van der Waals surface area contributed by atoms with Gasteiger partial charge in [-0.3, -0.25) is 4.79 Å². The number of hydrogen-bond donors (Lipinski definition) is 1. The Morgan fingerprint density at radius 2 is 2.07 bits per heavy atom. The maximum atomic E-state index is 12.5. The lowest BCUT2D eigenvalue weighted by Gasteiger charge is -1.95. The minimum Gasteiger partial charge on any atom is -0.317 e. The second kappa shape index (κ2) is 8.05. The van der Waals surface area contributed by atoms with Crippen LogP contribution in [0.5, 0.6) is 0 Å². The molecule has 15 heavy (non-hydrogen) atoms. The molecule has 3 nitrogen and oxygen atoms in total. The van der Waals surface area contributed by atoms with E-state index in [9.17, 15) is 9.18 Å². The third kappa shape index (κ3) is 5.22. The smallest absolute Gasteiger partial charge is 0.223 e. The number of carbonyl (C=O) groups is 1. The van der Waals surface area contributed by atoms with Gasteiger partial charge in [0.05, 0.1) is 5.56 Å². The number of rotatable bonds is 3. The van der Waals surface area contributed by atoms with Gasteiger partial charge in [-0.1, -0.05) is 13.8 Å². The second-order valence-electron chi connectivity index (χ2n) is 2.91. The number of hydrogen-bond acceptors (Lipinski definition) is 3. The Balaban J connectivity index is 0.000000336. The number of halogens is 1. The molecule has 0 radical (unpaired) electrons. The van der Waals surface area contributed by atoms with Crippen LogP contribution in [0.25, 0.3) is 0 Å². The zero-order chi connectivity index (χ0) is 11.7. The number of aryl methyl sites for hydroxylation is 1. The molecule has 0 fully saturated rings. The summed E-state index contributed by atoms with van der Waals surface area (Å²) < 4.78 is 12.5. The molecule has 84 valence electrons. The average Bonchev–Trinajstić information content (AvgIpc) is 2.20. The van der Waals surface area contributed by atoms with Crippen molar-refractivity contribution >= 4 is 6.29 Å². The summed E-state index contributed by atoms with van der Waals surface area (Å²) in [6, 6.07) is 1.59. The van der Waals surface area contributed by atoms with E-state index in [1.165, 1.54) is 6.20 Å². The van der Waals surface area contributed by atoms with Crippen LogP contribution in [0.3, 0.4) is 0 Å². The highest BCUT2D eigenvalue weighted by molar-refractivity contribution is 5.76. The Hall–Kier alpha value is -1.29. The fourth-order valence-corrected chi connectivity index (χ4v) is 0.928. The summed E-state index contributed by atoms with van der Waals surface area (Å²) in [5.41, 5.74) is 0.657. The molecule has 0 atom stereocenters. The Bertz CT molecular complexity index is 280. The maximum absolute atomic E-state index is 12.5. The fourth-order valence-electron chi connectivity index (χ4n) is 0.928. The van der Waals surface area contributed by atoms with Gasteiger partial charge in [0.25, 0.3) is 0 Å². The van der Waals surface area contributed by atoms with Crippen LogP contribution in [0.2, 0.25) is 0 Å². The van der Waals surface area contributed by atoms with E-state index < -0.39 is 5.95 Å². The number of aromatic nitrogens is 1. The highest BCUT2D eigenvalue weighted by Crippen LogP contribution is 2.05. The van der Waals surface area contributed by atoms with Crippen LogP contribution in [0, 0.1) is 12.9 Å². The van der Waals surface area contributed by atoms with E-state index in [0.717, 1.165) is 13.1 Å². The van der Waals surface area contributed by atoms with Crippen LogP contribution < -0.4 is 5.32 Å². The summed E-state index contributed by atoms with van der Waals surface area (Å²) in [7, 11) is 0. The van der Waals surface area contributed by atoms with Crippen LogP contribution >= 0.6 is 0 Å². The highest BCUT2D eigenvalue weighted by Gasteiger charge is 2.02. The molecule has 0 aliphatic rings. The van der Waals surface area contributed by atoms with Crippen molar-refractivity contribution < 1.29 is 9.18 Å². The molecule has 0 aliphatic heterocycles. The van der Waals surface area contributed by atoms with Crippen molar-refractivity contribution in [3.63, 3.8) is 0 Å². The van der Waals surface area contributed by atoms with E-state index in [2.05, 4.69) is 24.1 Å². The molecule has 1 N–H and O–H groups in total. The standard InChI is InChI=1S/C7H6FNO.C4H11N/c1-5-2-3-9-7(8)6(5)4-10;1-3-5-4-2/h2-4H,1H3;5H,3-4H2,1-2H3. The van der Waals surface area contributed by atoms with Crippen molar-refractivity contribution in [3.8, 4) is 0 Å². The van der Waals surface area contributed by atoms with Crippen molar-refractivity contribution in [3.05, 3.63) is 29.3 Å². The van der Waals surface area contributed by atoms with Gasteiger partial charge in [-0.15, -0.1) is 0 Å². The molecule has 0 saturated carbocycles. The lowest BCUT2D eigenvalue weighted by atomic mass is 10.2. The summed E-state index contributed by atoms with van der Waals surface area (Å²) in [5.74, 6) is -0.699. The molecule has 0 unspecified atom stereocenters. The molecular weight excluding hydrogens is 195 g/mol. The molecule has 1 heterocycles. The Morgan fingerprint density at radius 3 is 2.33 bits per heavy atom. The van der Waals surface area contributed by atoms with E-state index in [4.69, 9.17) is 0 Å². The summed E-state index contributed by atoms with van der Waals surface area (Å²) in [6.45, 7) is 8.05. The third-order valence-corrected chi connectivity index (χ3v) is 1.78. The summed E-state index contributed by atoms with van der Waals surface area (Å²) in [6.07, 6.45) is 1.80. The number of aldehydes is 1. The quantitative estimate of drug-likeness (QED) is 0.615. The van der Waals surface area contributed by atoms with Gasteiger partial charge in [-0.05, 0) is 31.6 Å². The van der Waals surface area contributed by atoms with Crippen molar-refractivity contribution in [2.24, 2.45) is 0 Å². The van der Waals surface area contributed by atoms with Crippen LogP contribution in [0.15, 0.2) is 12.3 Å². The van der Waals surface area contributed by atoms with Crippen LogP contribution in [-0.4, -0.2) is 24.4 Å². The minimum atomic E-state index is -0.699. The first-order valence-corrected chi connectivity index (χ1v) is 4.94. The first-order valence-electron chi connectivity index (χ1n) is 4.94. The first-order chi connectivity index (χ1) is 7.17. The van der Waals surface area contributed by atoms with E-state index in [1.54, 1.807) is 13.0 Å². The van der Waals surface area contributed by atoms with E-state index in [-0.39, 0.29) is 5.56 Å². The topological polar surface area (TPSA) is 42.0 Å². The van der Waals surface area contributed by atoms with Crippen molar-refractivity contribution in [2.75, 3.05) is 13.1 Å². The molecular formula is C11H17FN2O. The third-order valence-electron chi connectivity index (χ3n) is 1.78.